The van der Waals surface area contributed by atoms with Crippen molar-refractivity contribution >= 4 is 44.5 Å². The van der Waals surface area contributed by atoms with E-state index in [1.807, 2.05) is 19.1 Å². The van der Waals surface area contributed by atoms with E-state index in [2.05, 4.69) is 55.9 Å². The van der Waals surface area contributed by atoms with Crippen molar-refractivity contribution in [3.05, 3.63) is 61.7 Å². The number of hydrogen-bond acceptors (Lipinski definition) is 4. The summed E-state index contributed by atoms with van der Waals surface area (Å²) in [5.74, 6) is 0.678. The van der Waals surface area contributed by atoms with E-state index < -0.39 is 0 Å². The van der Waals surface area contributed by atoms with Gasteiger partial charge in [0.25, 0.3) is 0 Å². The van der Waals surface area contributed by atoms with E-state index in [9.17, 15) is 4.79 Å². The predicted octanol–water partition coefficient (Wildman–Crippen LogP) is 5.40. The largest absolute Gasteiger partial charge is 0.355 e. The van der Waals surface area contributed by atoms with Crippen LogP contribution in [0.15, 0.2) is 46.3 Å². The van der Waals surface area contributed by atoms with Gasteiger partial charge in [-0.3, -0.25) is 4.79 Å². The SMILES string of the molecule is Cc1nc(-c2ccc(CCNC(=O)C3CC3c3cccc(Br)c3)s2)cs1. The molecule has 0 radical (unpaired) electrons. The molecule has 26 heavy (non-hydrogen) atoms. The molecule has 0 aliphatic heterocycles. The molecule has 1 aliphatic carbocycles. The van der Waals surface area contributed by atoms with Gasteiger partial charge in [0.15, 0.2) is 0 Å². The number of nitrogens with one attached hydrogen (secondary N) is 1. The highest BCUT2D eigenvalue weighted by molar-refractivity contribution is 9.10. The Morgan fingerprint density at radius 3 is 3.00 bits per heavy atom. The molecular formula is C20H19BrN2OS2. The minimum Gasteiger partial charge on any atom is -0.355 e. The van der Waals surface area contributed by atoms with Gasteiger partial charge in [-0.15, -0.1) is 22.7 Å². The van der Waals surface area contributed by atoms with E-state index in [-0.39, 0.29) is 11.8 Å². The van der Waals surface area contributed by atoms with Crippen LogP contribution < -0.4 is 5.32 Å². The van der Waals surface area contributed by atoms with E-state index in [1.54, 1.807) is 22.7 Å². The lowest BCUT2D eigenvalue weighted by Crippen LogP contribution is -2.27. The highest BCUT2D eigenvalue weighted by Crippen LogP contribution is 2.47. The number of rotatable bonds is 6. The summed E-state index contributed by atoms with van der Waals surface area (Å²) in [4.78, 5) is 19.4. The summed E-state index contributed by atoms with van der Waals surface area (Å²) >= 11 is 6.94. The topological polar surface area (TPSA) is 42.0 Å². The first-order valence-electron chi connectivity index (χ1n) is 8.64. The number of nitrogens with zero attached hydrogens (tertiary/aromatic N) is 1. The number of benzene rings is 1. The predicted molar refractivity (Wildman–Crippen MR) is 112 cm³/mol. The zero-order valence-corrected chi connectivity index (χ0v) is 17.6. The molecule has 2 aromatic heterocycles. The van der Waals surface area contributed by atoms with Gasteiger partial charge in [-0.2, -0.15) is 0 Å². The Balaban J connectivity index is 1.26. The molecule has 1 saturated carbocycles. The number of thiazole rings is 1. The van der Waals surface area contributed by atoms with Crippen LogP contribution in [0.3, 0.4) is 0 Å². The molecule has 2 atom stereocenters. The molecule has 1 aliphatic rings. The number of carbonyl (C=O) groups is 1. The standard InChI is InChI=1S/C20H19BrN2OS2/c1-12-23-18(11-25-12)19-6-5-15(26-19)7-8-22-20(24)17-10-16(17)13-3-2-4-14(21)9-13/h2-6,9,11,16-17H,7-8,10H2,1H3,(H,22,24). The molecule has 3 aromatic rings. The monoisotopic (exact) mass is 446 g/mol. The van der Waals surface area contributed by atoms with Gasteiger partial charge < -0.3 is 5.32 Å². The Morgan fingerprint density at radius 2 is 2.23 bits per heavy atom. The first-order valence-corrected chi connectivity index (χ1v) is 11.1. The highest BCUT2D eigenvalue weighted by atomic mass is 79.9. The molecule has 1 fully saturated rings. The lowest BCUT2D eigenvalue weighted by molar-refractivity contribution is -0.122. The van der Waals surface area contributed by atoms with E-state index in [4.69, 9.17) is 0 Å². The molecule has 0 saturated heterocycles. The van der Waals surface area contributed by atoms with Crippen molar-refractivity contribution in [1.29, 1.82) is 0 Å². The van der Waals surface area contributed by atoms with Crippen LogP contribution in [0.1, 0.15) is 27.8 Å². The molecule has 4 rings (SSSR count). The molecule has 3 nitrogen and oxygen atoms in total. The summed E-state index contributed by atoms with van der Waals surface area (Å²) in [6, 6.07) is 12.5. The number of amides is 1. The number of aromatic nitrogens is 1. The summed E-state index contributed by atoms with van der Waals surface area (Å²) in [6.07, 6.45) is 1.82. The third-order valence-corrected chi connectivity index (χ3v) is 7.04. The Bertz CT molecular complexity index is 933. The minimum atomic E-state index is 0.126. The molecule has 1 aromatic carbocycles. The first-order chi connectivity index (χ1) is 12.6. The number of hydrogen-bond donors (Lipinski definition) is 1. The van der Waals surface area contributed by atoms with Crippen molar-refractivity contribution in [1.82, 2.24) is 10.3 Å². The van der Waals surface area contributed by atoms with Crippen LogP contribution >= 0.6 is 38.6 Å². The number of aryl methyl sites for hydroxylation is 1. The average molecular weight is 447 g/mol. The zero-order valence-electron chi connectivity index (χ0n) is 14.4. The van der Waals surface area contributed by atoms with Gasteiger partial charge >= 0.3 is 0 Å². The van der Waals surface area contributed by atoms with E-state index in [1.165, 1.54) is 15.3 Å². The van der Waals surface area contributed by atoms with Crippen molar-refractivity contribution in [2.24, 2.45) is 5.92 Å². The summed E-state index contributed by atoms with van der Waals surface area (Å²) in [5.41, 5.74) is 2.31. The second kappa shape index (κ2) is 7.62. The average Bonchev–Trinajstić information content (AvgIpc) is 3.09. The van der Waals surface area contributed by atoms with Crippen LogP contribution in [0.5, 0.6) is 0 Å². The molecule has 134 valence electrons. The quantitative estimate of drug-likeness (QED) is 0.550. The number of thiophene rings is 1. The molecular weight excluding hydrogens is 428 g/mol. The Hall–Kier alpha value is -1.50. The summed E-state index contributed by atoms with van der Waals surface area (Å²) in [6.45, 7) is 2.72. The maximum atomic E-state index is 12.4. The van der Waals surface area contributed by atoms with Crippen LogP contribution in [-0.2, 0) is 11.2 Å². The fourth-order valence-electron chi connectivity index (χ4n) is 3.16. The molecule has 0 spiro atoms. The van der Waals surface area contributed by atoms with Crippen molar-refractivity contribution < 1.29 is 4.79 Å². The smallest absolute Gasteiger partial charge is 0.223 e. The number of halogens is 1. The Kier molecular flexibility index (Phi) is 5.25. The van der Waals surface area contributed by atoms with Crippen molar-refractivity contribution in [3.8, 4) is 10.6 Å². The summed E-state index contributed by atoms with van der Waals surface area (Å²) < 4.78 is 1.07. The van der Waals surface area contributed by atoms with Gasteiger partial charge in [0, 0.05) is 27.2 Å². The summed E-state index contributed by atoms with van der Waals surface area (Å²) in [7, 11) is 0. The second-order valence-corrected chi connectivity index (χ2v) is 9.71. The van der Waals surface area contributed by atoms with Crippen molar-refractivity contribution in [3.63, 3.8) is 0 Å². The lowest BCUT2D eigenvalue weighted by atomic mass is 10.1. The molecule has 1 N–H and O–H groups in total. The van der Waals surface area contributed by atoms with Crippen LogP contribution in [0.4, 0.5) is 0 Å². The van der Waals surface area contributed by atoms with Gasteiger partial charge in [-0.05, 0) is 55.5 Å². The van der Waals surface area contributed by atoms with Crippen LogP contribution in [-0.4, -0.2) is 17.4 Å². The van der Waals surface area contributed by atoms with Gasteiger partial charge in [0.1, 0.15) is 0 Å². The maximum absolute atomic E-state index is 12.4. The fourth-order valence-corrected chi connectivity index (χ4v) is 5.23. The third-order valence-electron chi connectivity index (χ3n) is 4.61. The minimum absolute atomic E-state index is 0.126. The number of carbonyl (C=O) groups excluding carboxylic acids is 1. The first kappa shape index (κ1) is 17.9. The molecule has 2 unspecified atom stereocenters. The third kappa shape index (κ3) is 4.08. The van der Waals surface area contributed by atoms with E-state index >= 15 is 0 Å². The van der Waals surface area contributed by atoms with Gasteiger partial charge in [-0.1, -0.05) is 28.1 Å². The van der Waals surface area contributed by atoms with E-state index in [0.717, 1.165) is 28.0 Å². The van der Waals surface area contributed by atoms with E-state index in [0.29, 0.717) is 12.5 Å². The van der Waals surface area contributed by atoms with Crippen molar-refractivity contribution in [2.45, 2.75) is 25.7 Å². The van der Waals surface area contributed by atoms with Crippen LogP contribution in [0.25, 0.3) is 10.6 Å². The molecule has 2 heterocycles. The maximum Gasteiger partial charge on any atom is 0.223 e. The lowest BCUT2D eigenvalue weighted by Gasteiger charge is -2.04. The normalized spacial score (nSPS) is 18.7. The summed E-state index contributed by atoms with van der Waals surface area (Å²) in [5, 5.41) is 6.29. The Labute approximate surface area is 169 Å². The van der Waals surface area contributed by atoms with Gasteiger partial charge in [0.2, 0.25) is 5.91 Å². The fraction of sp³-hybridized carbons (Fsp3) is 0.300. The Morgan fingerprint density at radius 1 is 1.35 bits per heavy atom. The zero-order chi connectivity index (χ0) is 18.1. The second-order valence-electron chi connectivity index (χ2n) is 6.56. The van der Waals surface area contributed by atoms with Gasteiger partial charge in [-0.25, -0.2) is 4.98 Å². The van der Waals surface area contributed by atoms with Crippen LogP contribution in [0, 0.1) is 12.8 Å². The molecule has 0 bridgehead atoms. The molecule has 6 heteroatoms. The highest BCUT2D eigenvalue weighted by Gasteiger charge is 2.43. The molecule has 1 amide bonds. The van der Waals surface area contributed by atoms with Crippen LogP contribution in [0.2, 0.25) is 0 Å². The van der Waals surface area contributed by atoms with Gasteiger partial charge in [0.05, 0.1) is 15.6 Å². The van der Waals surface area contributed by atoms with Crippen molar-refractivity contribution in [2.75, 3.05) is 6.54 Å².